The third kappa shape index (κ3) is 3.97. The van der Waals surface area contributed by atoms with Crippen LogP contribution in [-0.2, 0) is 11.4 Å². The van der Waals surface area contributed by atoms with Crippen LogP contribution in [-0.4, -0.2) is 6.21 Å². The Morgan fingerprint density at radius 1 is 1.00 bits per heavy atom. The minimum atomic E-state index is 0.420. The zero-order valence-electron chi connectivity index (χ0n) is 10.6. The molecule has 0 heterocycles. The highest BCUT2D eigenvalue weighted by Gasteiger charge is 1.93. The SMILES string of the molecule is Cc1ccc(CO/N=[C]\c2ccc(C#N)cc2)cc1. The van der Waals surface area contributed by atoms with Gasteiger partial charge in [0.1, 0.15) is 12.8 Å². The van der Waals surface area contributed by atoms with E-state index in [2.05, 4.69) is 17.4 Å². The first kappa shape index (κ1) is 12.8. The van der Waals surface area contributed by atoms with Crippen LogP contribution in [0.25, 0.3) is 0 Å². The Hall–Kier alpha value is -2.60. The topological polar surface area (TPSA) is 45.4 Å². The molecule has 0 N–H and O–H groups in total. The molecule has 0 saturated carbocycles. The number of benzene rings is 2. The van der Waals surface area contributed by atoms with Gasteiger partial charge < -0.3 is 4.84 Å². The van der Waals surface area contributed by atoms with E-state index in [1.165, 1.54) is 5.56 Å². The molecule has 2 aromatic carbocycles. The van der Waals surface area contributed by atoms with Gasteiger partial charge in [-0.25, -0.2) is 0 Å². The van der Waals surface area contributed by atoms with Crippen LogP contribution in [0.2, 0.25) is 0 Å². The molecule has 0 spiro atoms. The predicted molar refractivity (Wildman–Crippen MR) is 73.7 cm³/mol. The highest BCUT2D eigenvalue weighted by molar-refractivity contribution is 5.79. The van der Waals surface area contributed by atoms with Gasteiger partial charge in [-0.1, -0.05) is 47.1 Å². The van der Waals surface area contributed by atoms with Gasteiger partial charge in [0, 0.05) is 5.56 Å². The van der Waals surface area contributed by atoms with Gasteiger partial charge in [-0.2, -0.15) is 5.26 Å². The number of aryl methyl sites for hydroxylation is 1. The molecule has 3 nitrogen and oxygen atoms in total. The lowest BCUT2D eigenvalue weighted by molar-refractivity contribution is 0.132. The van der Waals surface area contributed by atoms with Crippen LogP contribution in [0, 0.1) is 18.3 Å². The van der Waals surface area contributed by atoms with Crippen molar-refractivity contribution in [1.82, 2.24) is 0 Å². The van der Waals surface area contributed by atoms with Crippen molar-refractivity contribution in [2.75, 3.05) is 0 Å². The Balaban J connectivity index is 1.86. The summed E-state index contributed by atoms with van der Waals surface area (Å²) in [6, 6.07) is 17.1. The van der Waals surface area contributed by atoms with E-state index in [9.17, 15) is 0 Å². The fourth-order valence-electron chi connectivity index (χ4n) is 1.50. The van der Waals surface area contributed by atoms with Crippen molar-refractivity contribution in [1.29, 1.82) is 5.26 Å². The molecule has 19 heavy (non-hydrogen) atoms. The molecule has 1 radical (unpaired) electrons. The van der Waals surface area contributed by atoms with E-state index in [0.29, 0.717) is 12.2 Å². The van der Waals surface area contributed by atoms with Crippen molar-refractivity contribution < 1.29 is 4.84 Å². The average molecular weight is 249 g/mol. The van der Waals surface area contributed by atoms with Gasteiger partial charge in [-0.3, -0.25) is 0 Å². The molecule has 3 heteroatoms. The first-order chi connectivity index (χ1) is 9.28. The van der Waals surface area contributed by atoms with E-state index in [1.54, 1.807) is 24.3 Å². The number of hydrogen-bond donors (Lipinski definition) is 0. The molecular weight excluding hydrogens is 236 g/mol. The van der Waals surface area contributed by atoms with Gasteiger partial charge in [0.2, 0.25) is 0 Å². The molecule has 0 atom stereocenters. The van der Waals surface area contributed by atoms with Gasteiger partial charge in [-0.05, 0) is 24.6 Å². The summed E-state index contributed by atoms with van der Waals surface area (Å²) in [5.41, 5.74) is 3.68. The van der Waals surface area contributed by atoms with Gasteiger partial charge in [-0.15, -0.1) is 0 Å². The molecule has 0 aromatic heterocycles. The van der Waals surface area contributed by atoms with Crippen LogP contribution in [0.3, 0.4) is 0 Å². The summed E-state index contributed by atoms with van der Waals surface area (Å²) >= 11 is 0. The second-order valence-electron chi connectivity index (χ2n) is 4.15. The molecule has 0 bridgehead atoms. The van der Waals surface area contributed by atoms with E-state index in [-0.39, 0.29) is 0 Å². The summed E-state index contributed by atoms with van der Waals surface area (Å²) in [4.78, 5) is 5.17. The fourth-order valence-corrected chi connectivity index (χ4v) is 1.50. The molecule has 2 rings (SSSR count). The maximum atomic E-state index is 8.67. The number of hydrogen-bond acceptors (Lipinski definition) is 3. The maximum Gasteiger partial charge on any atom is 0.142 e. The molecule has 0 aliphatic heterocycles. The van der Waals surface area contributed by atoms with Crippen molar-refractivity contribution in [2.45, 2.75) is 13.5 Å². The molecule has 0 unspecified atom stereocenters. The van der Waals surface area contributed by atoms with E-state index in [1.807, 2.05) is 31.2 Å². The van der Waals surface area contributed by atoms with Crippen molar-refractivity contribution >= 4 is 6.21 Å². The monoisotopic (exact) mass is 249 g/mol. The summed E-state index contributed by atoms with van der Waals surface area (Å²) in [6.45, 7) is 2.46. The smallest absolute Gasteiger partial charge is 0.142 e. The molecule has 0 aliphatic carbocycles. The van der Waals surface area contributed by atoms with Crippen LogP contribution in [0.5, 0.6) is 0 Å². The zero-order valence-corrected chi connectivity index (χ0v) is 10.6. The average Bonchev–Trinajstić information content (AvgIpc) is 2.46. The van der Waals surface area contributed by atoms with Crippen LogP contribution in [0.1, 0.15) is 22.3 Å². The molecule has 0 saturated heterocycles. The van der Waals surface area contributed by atoms with Crippen LogP contribution < -0.4 is 0 Å². The normalized spacial score (nSPS) is 10.3. The van der Waals surface area contributed by atoms with Gasteiger partial charge >= 0.3 is 0 Å². The third-order valence-corrected chi connectivity index (χ3v) is 2.61. The molecule has 0 aliphatic rings. The van der Waals surface area contributed by atoms with Gasteiger partial charge in [0.05, 0.1) is 11.6 Å². The summed E-state index contributed by atoms with van der Waals surface area (Å²) < 4.78 is 0. The molecule has 93 valence electrons. The lowest BCUT2D eigenvalue weighted by atomic mass is 10.2. The van der Waals surface area contributed by atoms with Gasteiger partial charge in [0.15, 0.2) is 0 Å². The number of rotatable bonds is 4. The van der Waals surface area contributed by atoms with Crippen molar-refractivity contribution in [3.8, 4) is 6.07 Å². The van der Waals surface area contributed by atoms with Crippen molar-refractivity contribution in [3.05, 3.63) is 70.8 Å². The van der Waals surface area contributed by atoms with Crippen LogP contribution >= 0.6 is 0 Å². The Morgan fingerprint density at radius 3 is 2.26 bits per heavy atom. The molecule has 0 amide bonds. The third-order valence-electron chi connectivity index (χ3n) is 2.61. The Kier molecular flexibility index (Phi) is 4.30. The van der Waals surface area contributed by atoms with E-state index in [4.69, 9.17) is 10.1 Å². The molecular formula is C16H13N2O. The Bertz CT molecular complexity index is 592. The first-order valence-corrected chi connectivity index (χ1v) is 5.91. The second-order valence-corrected chi connectivity index (χ2v) is 4.15. The van der Waals surface area contributed by atoms with Crippen LogP contribution in [0.4, 0.5) is 0 Å². The quantitative estimate of drug-likeness (QED) is 0.616. The second kappa shape index (κ2) is 6.36. The summed E-state index contributed by atoms with van der Waals surface area (Å²) in [6.07, 6.45) is 2.77. The van der Waals surface area contributed by atoms with E-state index >= 15 is 0 Å². The van der Waals surface area contributed by atoms with E-state index in [0.717, 1.165) is 11.1 Å². The zero-order chi connectivity index (χ0) is 13.5. The summed E-state index contributed by atoms with van der Waals surface area (Å²) in [7, 11) is 0. The predicted octanol–water partition coefficient (Wildman–Crippen LogP) is 3.29. The minimum Gasteiger partial charge on any atom is -0.390 e. The molecule has 2 aromatic rings. The fraction of sp³-hybridized carbons (Fsp3) is 0.125. The number of nitrogens with zero attached hydrogens (tertiary/aromatic N) is 2. The highest BCUT2D eigenvalue weighted by atomic mass is 16.6. The summed E-state index contributed by atoms with van der Waals surface area (Å²) in [5.74, 6) is 0. The Labute approximate surface area is 112 Å². The molecule has 0 fully saturated rings. The van der Waals surface area contributed by atoms with Crippen molar-refractivity contribution in [2.24, 2.45) is 5.16 Å². The largest absolute Gasteiger partial charge is 0.390 e. The lowest BCUT2D eigenvalue weighted by Crippen LogP contribution is -1.88. The number of nitriles is 1. The summed E-state index contributed by atoms with van der Waals surface area (Å²) in [5, 5.41) is 12.5. The highest BCUT2D eigenvalue weighted by Crippen LogP contribution is 2.05. The minimum absolute atomic E-state index is 0.420. The van der Waals surface area contributed by atoms with Gasteiger partial charge in [0.25, 0.3) is 0 Å². The lowest BCUT2D eigenvalue weighted by Gasteiger charge is -1.99. The Morgan fingerprint density at radius 2 is 1.63 bits per heavy atom. The van der Waals surface area contributed by atoms with Crippen LogP contribution in [0.15, 0.2) is 53.7 Å². The first-order valence-electron chi connectivity index (χ1n) is 5.91. The standard InChI is InChI=1S/C16H13N2O/c1-13-2-4-16(5-3-13)12-19-18-11-15-8-6-14(10-17)7-9-15/h2-9H,12H2,1H3. The van der Waals surface area contributed by atoms with E-state index < -0.39 is 0 Å². The maximum absolute atomic E-state index is 8.67. The van der Waals surface area contributed by atoms with Crippen molar-refractivity contribution in [3.63, 3.8) is 0 Å².